The number of carbonyl (C=O) groups excluding carboxylic acids is 1. The molecular weight excluding hydrogens is 340 g/mol. The van der Waals surface area contributed by atoms with Crippen molar-refractivity contribution in [2.75, 3.05) is 22.5 Å². The summed E-state index contributed by atoms with van der Waals surface area (Å²) < 4.78 is 0. The Morgan fingerprint density at radius 3 is 2.52 bits per heavy atom. The van der Waals surface area contributed by atoms with E-state index < -0.39 is 0 Å². The first kappa shape index (κ1) is 19.1. The largest absolute Gasteiger partial charge is 0.383 e. The van der Waals surface area contributed by atoms with Gasteiger partial charge in [0.2, 0.25) is 5.91 Å². The van der Waals surface area contributed by atoms with Gasteiger partial charge in [-0.05, 0) is 18.9 Å². The number of anilines is 3. The van der Waals surface area contributed by atoms with Crippen molar-refractivity contribution >= 4 is 23.2 Å². The maximum absolute atomic E-state index is 12.4. The fourth-order valence-corrected chi connectivity index (χ4v) is 3.35. The second-order valence-electron chi connectivity index (χ2n) is 7.62. The van der Waals surface area contributed by atoms with Gasteiger partial charge in [0.05, 0.1) is 11.7 Å². The summed E-state index contributed by atoms with van der Waals surface area (Å²) in [6.45, 7) is 10.9. The Balaban J connectivity index is 2.18. The molecule has 0 aliphatic carbocycles. The van der Waals surface area contributed by atoms with Crippen molar-refractivity contribution in [1.82, 2.24) is 15.0 Å². The average Bonchev–Trinajstić information content (AvgIpc) is 2.78. The first-order valence-corrected chi connectivity index (χ1v) is 9.48. The van der Waals surface area contributed by atoms with E-state index in [9.17, 15) is 4.79 Å². The highest BCUT2D eigenvalue weighted by Gasteiger charge is 2.30. The minimum Gasteiger partial charge on any atom is -0.383 e. The second-order valence-corrected chi connectivity index (χ2v) is 7.62. The molecule has 0 bridgehead atoms. The van der Waals surface area contributed by atoms with Crippen molar-refractivity contribution in [2.24, 2.45) is 0 Å². The molecule has 1 amide bonds. The number of rotatable bonds is 4. The summed E-state index contributed by atoms with van der Waals surface area (Å²) in [5.41, 5.74) is 8.63. The van der Waals surface area contributed by atoms with Crippen molar-refractivity contribution < 1.29 is 4.79 Å². The van der Waals surface area contributed by atoms with E-state index in [-0.39, 0.29) is 23.8 Å². The maximum atomic E-state index is 12.4. The fraction of sp³-hybridized carbons (Fsp3) is 0.500. The van der Waals surface area contributed by atoms with Gasteiger partial charge in [-0.2, -0.15) is 0 Å². The molecule has 0 saturated carbocycles. The van der Waals surface area contributed by atoms with Crippen LogP contribution in [-0.2, 0) is 4.79 Å². The lowest BCUT2D eigenvalue weighted by Crippen LogP contribution is -2.30. The van der Waals surface area contributed by atoms with Crippen molar-refractivity contribution in [1.29, 1.82) is 0 Å². The van der Waals surface area contributed by atoms with Gasteiger partial charge in [0.25, 0.3) is 0 Å². The monoisotopic (exact) mass is 368 g/mol. The van der Waals surface area contributed by atoms with Crippen LogP contribution in [0.4, 0.5) is 17.3 Å². The van der Waals surface area contributed by atoms with E-state index in [0.29, 0.717) is 24.5 Å². The third-order valence-corrected chi connectivity index (χ3v) is 4.90. The highest BCUT2D eigenvalue weighted by atomic mass is 16.1. The minimum absolute atomic E-state index is 0.0205. The van der Waals surface area contributed by atoms with Crippen LogP contribution in [0.25, 0.3) is 0 Å². The number of nitrogens with zero attached hydrogens (tertiary/aromatic N) is 4. The second kappa shape index (κ2) is 7.50. The number of nitrogens with one attached hydrogen (secondary N) is 1. The fourth-order valence-electron chi connectivity index (χ4n) is 3.35. The molecule has 1 atom stereocenters. The molecule has 1 unspecified atom stereocenters. The lowest BCUT2D eigenvalue weighted by Gasteiger charge is -2.31. The van der Waals surface area contributed by atoms with E-state index >= 15 is 0 Å². The Morgan fingerprint density at radius 2 is 1.89 bits per heavy atom. The zero-order chi connectivity index (χ0) is 19.7. The number of carbonyl (C=O) groups is 1. The summed E-state index contributed by atoms with van der Waals surface area (Å²) in [7, 11) is 0. The van der Waals surface area contributed by atoms with E-state index in [1.807, 2.05) is 12.1 Å². The number of pyridine rings is 1. The molecule has 7 nitrogen and oxygen atoms in total. The van der Waals surface area contributed by atoms with Gasteiger partial charge in [-0.1, -0.05) is 33.8 Å². The van der Waals surface area contributed by atoms with Gasteiger partial charge in [-0.15, -0.1) is 0 Å². The standard InChI is InChI=1S/C20H28N6O/c1-11(2)16-17-20(25-19(24-16)12(3)4)26(10-8-15(27)23-17)13(5)14-7-6-9-22-18(14)21/h6-7,9,11-13H,8,10H2,1-5H3,(H2,21,22)(H,23,27). The van der Waals surface area contributed by atoms with Crippen molar-refractivity contribution in [2.45, 2.75) is 58.9 Å². The number of hydrogen-bond acceptors (Lipinski definition) is 6. The summed E-state index contributed by atoms with van der Waals surface area (Å²) in [6, 6.07) is 3.78. The number of nitrogen functional groups attached to an aromatic ring is 1. The van der Waals surface area contributed by atoms with Gasteiger partial charge in [-0.3, -0.25) is 4.79 Å². The van der Waals surface area contributed by atoms with Gasteiger partial charge in [-0.25, -0.2) is 15.0 Å². The van der Waals surface area contributed by atoms with E-state index in [1.54, 1.807) is 6.20 Å². The smallest absolute Gasteiger partial charge is 0.226 e. The lowest BCUT2D eigenvalue weighted by atomic mass is 10.0. The minimum atomic E-state index is -0.0694. The van der Waals surface area contributed by atoms with E-state index in [0.717, 1.165) is 22.9 Å². The predicted molar refractivity (Wildman–Crippen MR) is 108 cm³/mol. The first-order valence-electron chi connectivity index (χ1n) is 9.48. The van der Waals surface area contributed by atoms with Gasteiger partial charge in [0, 0.05) is 30.6 Å². The molecule has 3 heterocycles. The Morgan fingerprint density at radius 1 is 1.15 bits per heavy atom. The maximum Gasteiger partial charge on any atom is 0.226 e. The summed E-state index contributed by atoms with van der Waals surface area (Å²) in [6.07, 6.45) is 2.07. The van der Waals surface area contributed by atoms with Crippen molar-refractivity contribution in [3.8, 4) is 0 Å². The van der Waals surface area contributed by atoms with E-state index in [1.165, 1.54) is 0 Å². The van der Waals surface area contributed by atoms with E-state index in [2.05, 4.69) is 49.8 Å². The van der Waals surface area contributed by atoms with Crippen LogP contribution < -0.4 is 16.0 Å². The molecule has 3 N–H and O–H groups in total. The number of hydrogen-bond donors (Lipinski definition) is 2. The van der Waals surface area contributed by atoms with Crippen molar-refractivity contribution in [3.05, 3.63) is 35.4 Å². The predicted octanol–water partition coefficient (Wildman–Crippen LogP) is 3.61. The van der Waals surface area contributed by atoms with Gasteiger partial charge < -0.3 is 16.0 Å². The first-order chi connectivity index (χ1) is 12.8. The molecule has 144 valence electrons. The average molecular weight is 368 g/mol. The third kappa shape index (κ3) is 3.72. The Kier molecular flexibility index (Phi) is 5.30. The number of fused-ring (bicyclic) bond motifs is 1. The molecule has 27 heavy (non-hydrogen) atoms. The van der Waals surface area contributed by atoms with Gasteiger partial charge in [0.15, 0.2) is 5.82 Å². The third-order valence-electron chi connectivity index (χ3n) is 4.90. The quantitative estimate of drug-likeness (QED) is 0.856. The van der Waals surface area contributed by atoms with Crippen LogP contribution in [0.2, 0.25) is 0 Å². The summed E-state index contributed by atoms with van der Waals surface area (Å²) >= 11 is 0. The zero-order valence-electron chi connectivity index (χ0n) is 16.7. The van der Waals surface area contributed by atoms with E-state index in [4.69, 9.17) is 15.7 Å². The molecule has 0 fully saturated rings. The molecule has 2 aromatic rings. The molecule has 1 aliphatic heterocycles. The highest BCUT2D eigenvalue weighted by molar-refractivity contribution is 5.96. The molecule has 0 saturated heterocycles. The Labute approximate surface area is 160 Å². The van der Waals surface area contributed by atoms with Crippen LogP contribution in [0.3, 0.4) is 0 Å². The van der Waals surface area contributed by atoms with Crippen LogP contribution in [-0.4, -0.2) is 27.4 Å². The van der Waals surface area contributed by atoms with Crippen LogP contribution in [0, 0.1) is 0 Å². The van der Waals surface area contributed by atoms with Crippen molar-refractivity contribution in [3.63, 3.8) is 0 Å². The van der Waals surface area contributed by atoms with Crippen LogP contribution in [0.5, 0.6) is 0 Å². The molecule has 0 radical (unpaired) electrons. The summed E-state index contributed by atoms with van der Waals surface area (Å²) in [5.74, 6) is 2.37. The number of amides is 1. The summed E-state index contributed by atoms with van der Waals surface area (Å²) in [4.78, 5) is 28.3. The molecule has 0 spiro atoms. The normalized spacial score (nSPS) is 15.5. The Bertz CT molecular complexity index is 848. The topological polar surface area (TPSA) is 97.0 Å². The van der Waals surface area contributed by atoms with Crippen LogP contribution in [0.15, 0.2) is 18.3 Å². The SMILES string of the molecule is CC(C)c1nc(C(C)C)c2c(n1)N(C(C)c1cccnc1N)CCC(=O)N2. The molecule has 3 rings (SSSR count). The van der Waals surface area contributed by atoms with Gasteiger partial charge in [0.1, 0.15) is 17.3 Å². The molecular formula is C20H28N6O. The Hall–Kier alpha value is -2.70. The molecule has 7 heteroatoms. The summed E-state index contributed by atoms with van der Waals surface area (Å²) in [5, 5.41) is 3.04. The molecule has 1 aliphatic rings. The van der Waals surface area contributed by atoms with Gasteiger partial charge >= 0.3 is 0 Å². The highest BCUT2D eigenvalue weighted by Crippen LogP contribution is 2.39. The van der Waals surface area contributed by atoms with Crippen LogP contribution in [0.1, 0.15) is 76.0 Å². The lowest BCUT2D eigenvalue weighted by molar-refractivity contribution is -0.116. The molecule has 2 aromatic heterocycles. The zero-order valence-corrected chi connectivity index (χ0v) is 16.7. The van der Waals surface area contributed by atoms with Crippen LogP contribution >= 0.6 is 0 Å². The number of nitrogens with two attached hydrogens (primary N) is 1. The number of aromatic nitrogens is 3. The molecule has 0 aromatic carbocycles.